The summed E-state index contributed by atoms with van der Waals surface area (Å²) in [6.07, 6.45) is 2.60. The molecule has 20 heavy (non-hydrogen) atoms. The fourth-order valence-corrected chi connectivity index (χ4v) is 2.44. The number of ether oxygens (including phenoxy) is 2. The van der Waals surface area contributed by atoms with Gasteiger partial charge in [0.15, 0.2) is 0 Å². The van der Waals surface area contributed by atoms with Gasteiger partial charge in [-0.25, -0.2) is 0 Å². The molecule has 0 aliphatic carbocycles. The quantitative estimate of drug-likeness (QED) is 0.742. The van der Waals surface area contributed by atoms with Crippen molar-refractivity contribution in [3.63, 3.8) is 0 Å². The number of benzene rings is 1. The Labute approximate surface area is 123 Å². The van der Waals surface area contributed by atoms with Crippen molar-refractivity contribution in [2.75, 3.05) is 13.7 Å². The van der Waals surface area contributed by atoms with E-state index in [0.29, 0.717) is 0 Å². The summed E-state index contributed by atoms with van der Waals surface area (Å²) >= 11 is 0. The van der Waals surface area contributed by atoms with E-state index < -0.39 is 0 Å². The zero-order valence-electron chi connectivity index (χ0n) is 13.5. The molecular formula is C17H29NO2. The molecule has 1 N–H and O–H groups in total. The summed E-state index contributed by atoms with van der Waals surface area (Å²) in [7, 11) is 1.99. The Kier molecular flexibility index (Phi) is 7.63. The Bertz CT molecular complexity index is 356. The second-order valence-electron chi connectivity index (χ2n) is 5.28. The molecule has 2 unspecified atom stereocenters. The monoisotopic (exact) mass is 279 g/mol. The summed E-state index contributed by atoms with van der Waals surface area (Å²) in [5, 5.41) is 3.38. The molecular weight excluding hydrogens is 250 g/mol. The molecule has 3 heteroatoms. The predicted octanol–water partition coefficient (Wildman–Crippen LogP) is 3.94. The van der Waals surface area contributed by atoms with Gasteiger partial charge in [-0.3, -0.25) is 0 Å². The van der Waals surface area contributed by atoms with E-state index in [1.165, 1.54) is 5.56 Å². The van der Waals surface area contributed by atoms with Crippen LogP contribution in [-0.4, -0.2) is 25.9 Å². The first-order valence-electron chi connectivity index (χ1n) is 7.67. The van der Waals surface area contributed by atoms with Crippen molar-refractivity contribution in [3.05, 3.63) is 29.8 Å². The molecule has 3 nitrogen and oxygen atoms in total. The molecule has 1 aromatic carbocycles. The minimum Gasteiger partial charge on any atom is -0.491 e. The zero-order chi connectivity index (χ0) is 15.0. The van der Waals surface area contributed by atoms with Gasteiger partial charge in [-0.2, -0.15) is 0 Å². The van der Waals surface area contributed by atoms with Crippen molar-refractivity contribution in [1.29, 1.82) is 0 Å². The van der Waals surface area contributed by atoms with Crippen molar-refractivity contribution in [2.45, 2.75) is 58.8 Å². The number of hydrogen-bond donors (Lipinski definition) is 1. The average molecular weight is 279 g/mol. The lowest BCUT2D eigenvalue weighted by atomic mass is 9.98. The van der Waals surface area contributed by atoms with E-state index in [2.05, 4.69) is 31.3 Å². The van der Waals surface area contributed by atoms with Gasteiger partial charge in [0, 0.05) is 6.61 Å². The van der Waals surface area contributed by atoms with Gasteiger partial charge in [0.1, 0.15) is 5.75 Å². The lowest BCUT2D eigenvalue weighted by Gasteiger charge is -2.27. The van der Waals surface area contributed by atoms with E-state index in [-0.39, 0.29) is 18.2 Å². The smallest absolute Gasteiger partial charge is 0.119 e. The Morgan fingerprint density at radius 3 is 2.20 bits per heavy atom. The van der Waals surface area contributed by atoms with E-state index in [9.17, 15) is 0 Å². The fourth-order valence-electron chi connectivity index (χ4n) is 2.44. The minimum absolute atomic E-state index is 0.206. The van der Waals surface area contributed by atoms with Gasteiger partial charge in [0.2, 0.25) is 0 Å². The highest BCUT2D eigenvalue weighted by atomic mass is 16.5. The van der Waals surface area contributed by atoms with E-state index in [4.69, 9.17) is 9.47 Å². The molecule has 114 valence electrons. The first-order valence-corrected chi connectivity index (χ1v) is 7.67. The highest BCUT2D eigenvalue weighted by molar-refractivity contribution is 5.30. The molecule has 0 amide bonds. The summed E-state index contributed by atoms with van der Waals surface area (Å²) in [6, 6.07) is 8.55. The third-order valence-corrected chi connectivity index (χ3v) is 3.25. The number of nitrogens with one attached hydrogen (secondary N) is 1. The van der Waals surface area contributed by atoms with E-state index >= 15 is 0 Å². The minimum atomic E-state index is 0.206. The van der Waals surface area contributed by atoms with E-state index in [1.54, 1.807) is 0 Å². The SMILES string of the molecule is CCCC(OCC)C(NC)c1ccc(OC(C)C)cc1. The molecule has 0 aliphatic heterocycles. The molecule has 0 saturated carbocycles. The van der Waals surface area contributed by atoms with Crippen LogP contribution in [0, 0.1) is 0 Å². The normalized spacial score (nSPS) is 14.3. The molecule has 0 heterocycles. The van der Waals surface area contributed by atoms with Gasteiger partial charge in [-0.1, -0.05) is 25.5 Å². The molecule has 1 rings (SSSR count). The van der Waals surface area contributed by atoms with Crippen LogP contribution in [0.3, 0.4) is 0 Å². The largest absolute Gasteiger partial charge is 0.491 e. The lowest BCUT2D eigenvalue weighted by molar-refractivity contribution is 0.0295. The maximum absolute atomic E-state index is 5.89. The Morgan fingerprint density at radius 1 is 1.10 bits per heavy atom. The second kappa shape index (κ2) is 8.98. The topological polar surface area (TPSA) is 30.5 Å². The fraction of sp³-hybridized carbons (Fsp3) is 0.647. The van der Waals surface area contributed by atoms with Crippen molar-refractivity contribution in [3.8, 4) is 5.75 Å². The van der Waals surface area contributed by atoms with Gasteiger partial charge in [-0.15, -0.1) is 0 Å². The summed E-state index contributed by atoms with van der Waals surface area (Å²) in [4.78, 5) is 0. The molecule has 0 aromatic heterocycles. The van der Waals surface area contributed by atoms with Crippen LogP contribution in [0.1, 0.15) is 52.1 Å². The highest BCUT2D eigenvalue weighted by Crippen LogP contribution is 2.25. The molecule has 0 spiro atoms. The van der Waals surface area contributed by atoms with Crippen molar-refractivity contribution < 1.29 is 9.47 Å². The van der Waals surface area contributed by atoms with Gasteiger partial charge in [-0.05, 0) is 51.9 Å². The van der Waals surface area contributed by atoms with Gasteiger partial charge >= 0.3 is 0 Å². The molecule has 0 fully saturated rings. The number of rotatable bonds is 9. The first-order chi connectivity index (χ1) is 9.62. The highest BCUT2D eigenvalue weighted by Gasteiger charge is 2.21. The van der Waals surface area contributed by atoms with Crippen molar-refractivity contribution >= 4 is 0 Å². The Morgan fingerprint density at radius 2 is 1.75 bits per heavy atom. The van der Waals surface area contributed by atoms with Crippen LogP contribution >= 0.6 is 0 Å². The maximum atomic E-state index is 5.89. The zero-order valence-corrected chi connectivity index (χ0v) is 13.5. The molecule has 0 saturated heterocycles. The van der Waals surface area contributed by atoms with Gasteiger partial charge in [0.25, 0.3) is 0 Å². The van der Waals surface area contributed by atoms with Gasteiger partial charge < -0.3 is 14.8 Å². The Hall–Kier alpha value is -1.06. The summed E-state index contributed by atoms with van der Waals surface area (Å²) in [6.45, 7) is 9.07. The van der Waals surface area contributed by atoms with E-state index in [0.717, 1.165) is 25.2 Å². The molecule has 0 bridgehead atoms. The van der Waals surface area contributed by atoms with Crippen LogP contribution in [0.4, 0.5) is 0 Å². The van der Waals surface area contributed by atoms with Crippen LogP contribution < -0.4 is 10.1 Å². The van der Waals surface area contributed by atoms with Crippen molar-refractivity contribution in [1.82, 2.24) is 5.32 Å². The number of hydrogen-bond acceptors (Lipinski definition) is 3. The summed E-state index contributed by atoms with van der Waals surface area (Å²) < 4.78 is 11.6. The van der Waals surface area contributed by atoms with Crippen LogP contribution in [0.5, 0.6) is 5.75 Å². The van der Waals surface area contributed by atoms with Gasteiger partial charge in [0.05, 0.1) is 18.2 Å². The van der Waals surface area contributed by atoms with E-state index in [1.807, 2.05) is 33.0 Å². The predicted molar refractivity (Wildman–Crippen MR) is 84.3 cm³/mol. The lowest BCUT2D eigenvalue weighted by Crippen LogP contribution is -2.31. The van der Waals surface area contributed by atoms with Crippen LogP contribution in [0.15, 0.2) is 24.3 Å². The van der Waals surface area contributed by atoms with Crippen molar-refractivity contribution in [2.24, 2.45) is 0 Å². The average Bonchev–Trinajstić information content (AvgIpc) is 2.41. The Balaban J connectivity index is 2.82. The third kappa shape index (κ3) is 5.14. The summed E-state index contributed by atoms with van der Waals surface area (Å²) in [5.74, 6) is 0.919. The second-order valence-corrected chi connectivity index (χ2v) is 5.28. The standard InChI is InChI=1S/C17H29NO2/c1-6-8-16(19-7-2)17(18-5)14-9-11-15(12-10-14)20-13(3)4/h9-13,16-18H,6-8H2,1-5H3. The third-order valence-electron chi connectivity index (χ3n) is 3.25. The van der Waals surface area contributed by atoms with Crippen LogP contribution in [0.25, 0.3) is 0 Å². The first kappa shape index (κ1) is 17.0. The molecule has 2 atom stereocenters. The molecule has 1 aromatic rings. The summed E-state index contributed by atoms with van der Waals surface area (Å²) in [5.41, 5.74) is 1.25. The molecule has 0 radical (unpaired) electrons. The van der Waals surface area contributed by atoms with Crippen LogP contribution in [-0.2, 0) is 4.74 Å². The maximum Gasteiger partial charge on any atom is 0.119 e. The molecule has 0 aliphatic rings. The van der Waals surface area contributed by atoms with Crippen LogP contribution in [0.2, 0.25) is 0 Å². The number of likely N-dealkylation sites (N-methyl/N-ethyl adjacent to an activating group) is 1.